The molecule has 0 aromatic rings. The summed E-state index contributed by atoms with van der Waals surface area (Å²) in [4.78, 5) is 2.45. The van der Waals surface area contributed by atoms with E-state index in [4.69, 9.17) is 9.47 Å². The predicted molar refractivity (Wildman–Crippen MR) is 77.2 cm³/mol. The van der Waals surface area contributed by atoms with Gasteiger partial charge < -0.3 is 14.8 Å². The molecule has 0 aliphatic rings. The maximum atomic E-state index is 5.19. The van der Waals surface area contributed by atoms with Crippen molar-refractivity contribution in [2.24, 2.45) is 0 Å². The van der Waals surface area contributed by atoms with Gasteiger partial charge in [-0.3, -0.25) is 4.90 Å². The molecule has 0 aromatic carbocycles. The fourth-order valence-electron chi connectivity index (χ4n) is 1.85. The van der Waals surface area contributed by atoms with E-state index in [0.717, 1.165) is 39.3 Å². The third-order valence-corrected chi connectivity index (χ3v) is 3.02. The minimum atomic E-state index is 0.168. The van der Waals surface area contributed by atoms with Gasteiger partial charge in [0.25, 0.3) is 0 Å². The summed E-state index contributed by atoms with van der Waals surface area (Å²) in [6.07, 6.45) is 1.14. The Balaban J connectivity index is 4.29. The van der Waals surface area contributed by atoms with Crippen molar-refractivity contribution < 1.29 is 9.47 Å². The molecule has 0 fully saturated rings. The summed E-state index contributed by atoms with van der Waals surface area (Å²) in [6, 6.07) is 0.537. The molecule has 18 heavy (non-hydrogen) atoms. The molecule has 0 aliphatic heterocycles. The van der Waals surface area contributed by atoms with Gasteiger partial charge in [-0.25, -0.2) is 0 Å². The standard InChI is InChI=1S/C14H32N2O2/c1-7-13(12-15-14(2,3)4)16(8-10-17-5)9-11-18-6/h13,15H,7-12H2,1-6H3. The Morgan fingerprint density at radius 3 is 1.89 bits per heavy atom. The summed E-state index contributed by atoms with van der Waals surface area (Å²) in [5.74, 6) is 0. The van der Waals surface area contributed by atoms with E-state index in [0.29, 0.717) is 6.04 Å². The average Bonchev–Trinajstić information content (AvgIpc) is 2.30. The summed E-state index contributed by atoms with van der Waals surface area (Å²) in [6.45, 7) is 13.3. The van der Waals surface area contributed by atoms with Crippen LogP contribution in [-0.4, -0.2) is 63.5 Å². The van der Waals surface area contributed by atoms with Crippen molar-refractivity contribution in [3.63, 3.8) is 0 Å². The Morgan fingerprint density at radius 1 is 1.06 bits per heavy atom. The first-order chi connectivity index (χ1) is 8.44. The number of nitrogens with one attached hydrogen (secondary N) is 1. The van der Waals surface area contributed by atoms with Crippen LogP contribution in [0.2, 0.25) is 0 Å². The zero-order valence-corrected chi connectivity index (χ0v) is 13.1. The highest BCUT2D eigenvalue weighted by molar-refractivity contribution is 4.78. The van der Waals surface area contributed by atoms with Gasteiger partial charge in [0, 0.05) is 45.4 Å². The zero-order chi connectivity index (χ0) is 14.0. The molecule has 0 saturated heterocycles. The summed E-state index contributed by atoms with van der Waals surface area (Å²) in [5.41, 5.74) is 0.168. The van der Waals surface area contributed by atoms with Crippen molar-refractivity contribution in [3.05, 3.63) is 0 Å². The molecule has 0 radical (unpaired) electrons. The van der Waals surface area contributed by atoms with Crippen molar-refractivity contribution in [1.29, 1.82) is 0 Å². The van der Waals surface area contributed by atoms with Crippen LogP contribution in [0.25, 0.3) is 0 Å². The zero-order valence-electron chi connectivity index (χ0n) is 13.1. The van der Waals surface area contributed by atoms with Crippen molar-refractivity contribution >= 4 is 0 Å². The number of ether oxygens (including phenoxy) is 2. The first kappa shape index (κ1) is 17.8. The topological polar surface area (TPSA) is 33.7 Å². The smallest absolute Gasteiger partial charge is 0.0589 e. The van der Waals surface area contributed by atoms with Crippen molar-refractivity contribution in [1.82, 2.24) is 10.2 Å². The van der Waals surface area contributed by atoms with E-state index in [1.165, 1.54) is 0 Å². The molecule has 4 heteroatoms. The molecule has 0 rings (SSSR count). The molecule has 110 valence electrons. The molecule has 0 spiro atoms. The molecule has 0 aliphatic carbocycles. The lowest BCUT2D eigenvalue weighted by molar-refractivity contribution is 0.0831. The first-order valence-electron chi connectivity index (χ1n) is 6.91. The molecule has 0 heterocycles. The van der Waals surface area contributed by atoms with E-state index in [-0.39, 0.29) is 5.54 Å². The van der Waals surface area contributed by atoms with Gasteiger partial charge in [0.05, 0.1) is 13.2 Å². The number of nitrogens with zero attached hydrogens (tertiary/aromatic N) is 1. The predicted octanol–water partition coefficient (Wildman–Crippen LogP) is 1.75. The molecular formula is C14H32N2O2. The second-order valence-corrected chi connectivity index (χ2v) is 5.71. The van der Waals surface area contributed by atoms with Gasteiger partial charge in [-0.05, 0) is 27.2 Å². The van der Waals surface area contributed by atoms with Crippen LogP contribution in [0.3, 0.4) is 0 Å². The third kappa shape index (κ3) is 8.86. The van der Waals surface area contributed by atoms with Crippen LogP contribution in [-0.2, 0) is 9.47 Å². The second kappa shape index (κ2) is 9.73. The highest BCUT2D eigenvalue weighted by Gasteiger charge is 2.18. The van der Waals surface area contributed by atoms with Gasteiger partial charge in [0.2, 0.25) is 0 Å². The lowest BCUT2D eigenvalue weighted by Crippen LogP contribution is -2.49. The molecule has 1 unspecified atom stereocenters. The molecule has 0 bridgehead atoms. The SMILES string of the molecule is CCC(CNC(C)(C)C)N(CCOC)CCOC. The van der Waals surface area contributed by atoms with Crippen molar-refractivity contribution in [2.75, 3.05) is 47.1 Å². The van der Waals surface area contributed by atoms with Crippen molar-refractivity contribution in [3.8, 4) is 0 Å². The van der Waals surface area contributed by atoms with Gasteiger partial charge in [0.15, 0.2) is 0 Å². The second-order valence-electron chi connectivity index (χ2n) is 5.71. The van der Waals surface area contributed by atoms with Gasteiger partial charge in [-0.15, -0.1) is 0 Å². The molecule has 4 nitrogen and oxygen atoms in total. The average molecular weight is 260 g/mol. The minimum Gasteiger partial charge on any atom is -0.383 e. The molecule has 0 saturated carbocycles. The van der Waals surface area contributed by atoms with Crippen molar-refractivity contribution in [2.45, 2.75) is 45.7 Å². The van der Waals surface area contributed by atoms with E-state index in [2.05, 4.69) is 37.9 Å². The summed E-state index contributed by atoms with van der Waals surface area (Å²) < 4.78 is 10.4. The maximum absolute atomic E-state index is 5.19. The monoisotopic (exact) mass is 260 g/mol. The van der Waals surface area contributed by atoms with Crippen LogP contribution in [0.1, 0.15) is 34.1 Å². The summed E-state index contributed by atoms with van der Waals surface area (Å²) in [7, 11) is 3.51. The fourth-order valence-corrected chi connectivity index (χ4v) is 1.85. The van der Waals surface area contributed by atoms with E-state index < -0.39 is 0 Å². The molecule has 1 atom stereocenters. The Bertz CT molecular complexity index is 185. The molecule has 1 N–H and O–H groups in total. The summed E-state index contributed by atoms with van der Waals surface area (Å²) in [5, 5.41) is 3.58. The molecule has 0 amide bonds. The molecule has 0 aromatic heterocycles. The first-order valence-corrected chi connectivity index (χ1v) is 6.91. The van der Waals surface area contributed by atoms with Crippen LogP contribution in [0, 0.1) is 0 Å². The van der Waals surface area contributed by atoms with Gasteiger partial charge in [0.1, 0.15) is 0 Å². The van der Waals surface area contributed by atoms with E-state index >= 15 is 0 Å². The van der Waals surface area contributed by atoms with Gasteiger partial charge >= 0.3 is 0 Å². The normalized spacial score (nSPS) is 14.2. The maximum Gasteiger partial charge on any atom is 0.0589 e. The van der Waals surface area contributed by atoms with Crippen LogP contribution >= 0.6 is 0 Å². The number of methoxy groups -OCH3 is 2. The largest absolute Gasteiger partial charge is 0.383 e. The van der Waals surface area contributed by atoms with E-state index in [1.54, 1.807) is 14.2 Å². The Morgan fingerprint density at radius 2 is 1.56 bits per heavy atom. The quantitative estimate of drug-likeness (QED) is 0.649. The van der Waals surface area contributed by atoms with Gasteiger partial charge in [-0.1, -0.05) is 6.92 Å². The summed E-state index contributed by atoms with van der Waals surface area (Å²) >= 11 is 0. The van der Waals surface area contributed by atoms with E-state index in [1.807, 2.05) is 0 Å². The molecular weight excluding hydrogens is 228 g/mol. The van der Waals surface area contributed by atoms with Crippen LogP contribution in [0.5, 0.6) is 0 Å². The van der Waals surface area contributed by atoms with Crippen LogP contribution in [0.4, 0.5) is 0 Å². The highest BCUT2D eigenvalue weighted by Crippen LogP contribution is 2.06. The minimum absolute atomic E-state index is 0.168. The highest BCUT2D eigenvalue weighted by atomic mass is 16.5. The Hall–Kier alpha value is -0.160. The number of hydrogen-bond donors (Lipinski definition) is 1. The number of hydrogen-bond acceptors (Lipinski definition) is 4. The lowest BCUT2D eigenvalue weighted by atomic mass is 10.1. The Labute approximate surface area is 113 Å². The third-order valence-electron chi connectivity index (χ3n) is 3.02. The Kier molecular flexibility index (Phi) is 9.64. The van der Waals surface area contributed by atoms with E-state index in [9.17, 15) is 0 Å². The lowest BCUT2D eigenvalue weighted by Gasteiger charge is -2.33. The number of rotatable bonds is 10. The van der Waals surface area contributed by atoms with Gasteiger partial charge in [-0.2, -0.15) is 0 Å². The fraction of sp³-hybridized carbons (Fsp3) is 1.00. The van der Waals surface area contributed by atoms with Crippen LogP contribution < -0.4 is 5.32 Å². The van der Waals surface area contributed by atoms with Crippen LogP contribution in [0.15, 0.2) is 0 Å².